The minimum Gasteiger partial charge on any atom is -0.425 e. The lowest BCUT2D eigenvalue weighted by atomic mass is 10.0. The Morgan fingerprint density at radius 3 is 2.84 bits per heavy atom. The van der Waals surface area contributed by atoms with E-state index >= 15 is 0 Å². The third kappa shape index (κ3) is 4.91. The molecule has 1 aliphatic heterocycles. The van der Waals surface area contributed by atoms with Crippen LogP contribution in [0.3, 0.4) is 0 Å². The summed E-state index contributed by atoms with van der Waals surface area (Å²) in [5, 5.41) is 11.7. The number of nitrogens with zero attached hydrogens (tertiary/aromatic N) is 2. The fraction of sp³-hybridized carbons (Fsp3) is 0.857. The molecular weight excluding hydrogens is 242 g/mol. The van der Waals surface area contributed by atoms with Crippen molar-refractivity contribution in [3.63, 3.8) is 0 Å². The van der Waals surface area contributed by atoms with Gasteiger partial charge in [0, 0.05) is 18.6 Å². The molecule has 1 aromatic rings. The third-order valence-corrected chi connectivity index (χ3v) is 3.21. The van der Waals surface area contributed by atoms with Crippen molar-refractivity contribution in [1.29, 1.82) is 0 Å². The lowest BCUT2D eigenvalue weighted by Gasteiger charge is -2.20. The molecule has 0 radical (unpaired) electrons. The van der Waals surface area contributed by atoms with Gasteiger partial charge in [0.1, 0.15) is 0 Å². The van der Waals surface area contributed by atoms with Crippen LogP contribution < -0.4 is 5.32 Å². The van der Waals surface area contributed by atoms with Crippen LogP contribution in [0.5, 0.6) is 0 Å². The number of hydrogen-bond acceptors (Lipinski definition) is 5. The van der Waals surface area contributed by atoms with Gasteiger partial charge in [-0.1, -0.05) is 0 Å². The SMILES string of the molecule is CC(C)(C)NCCCc1nnc(C2CCCOC2)o1. The van der Waals surface area contributed by atoms with Gasteiger partial charge in [0.2, 0.25) is 11.8 Å². The summed E-state index contributed by atoms with van der Waals surface area (Å²) in [5.74, 6) is 1.79. The maximum Gasteiger partial charge on any atom is 0.221 e. The monoisotopic (exact) mass is 267 g/mol. The first-order valence-corrected chi connectivity index (χ1v) is 7.20. The minimum atomic E-state index is 0.166. The van der Waals surface area contributed by atoms with E-state index in [0.29, 0.717) is 12.5 Å². The van der Waals surface area contributed by atoms with Crippen LogP contribution in [-0.2, 0) is 11.2 Å². The zero-order chi connectivity index (χ0) is 13.7. The topological polar surface area (TPSA) is 60.2 Å². The van der Waals surface area contributed by atoms with Gasteiger partial charge in [-0.15, -0.1) is 10.2 Å². The van der Waals surface area contributed by atoms with Gasteiger partial charge in [0.25, 0.3) is 0 Å². The van der Waals surface area contributed by atoms with E-state index in [2.05, 4.69) is 36.3 Å². The average molecular weight is 267 g/mol. The zero-order valence-electron chi connectivity index (χ0n) is 12.2. The second kappa shape index (κ2) is 6.48. The Morgan fingerprint density at radius 2 is 2.16 bits per heavy atom. The largest absolute Gasteiger partial charge is 0.425 e. The Kier molecular flexibility index (Phi) is 4.93. The summed E-state index contributed by atoms with van der Waals surface area (Å²) >= 11 is 0. The Bertz CT molecular complexity index is 378. The molecule has 1 fully saturated rings. The molecule has 1 saturated heterocycles. The maximum absolute atomic E-state index is 5.73. The van der Waals surface area contributed by atoms with Gasteiger partial charge < -0.3 is 14.5 Å². The van der Waals surface area contributed by atoms with Crippen molar-refractivity contribution in [1.82, 2.24) is 15.5 Å². The number of aromatic nitrogens is 2. The molecule has 2 heterocycles. The van der Waals surface area contributed by atoms with Crippen LogP contribution in [-0.4, -0.2) is 35.5 Å². The average Bonchev–Trinajstić information content (AvgIpc) is 2.83. The molecule has 0 amide bonds. The van der Waals surface area contributed by atoms with Gasteiger partial charge in [-0.05, 0) is 46.6 Å². The Hall–Kier alpha value is -0.940. The highest BCUT2D eigenvalue weighted by molar-refractivity contribution is 4.93. The van der Waals surface area contributed by atoms with Crippen LogP contribution in [0.25, 0.3) is 0 Å². The summed E-state index contributed by atoms with van der Waals surface area (Å²) in [6.45, 7) is 9.04. The van der Waals surface area contributed by atoms with Crippen molar-refractivity contribution in [3.05, 3.63) is 11.8 Å². The highest BCUT2D eigenvalue weighted by Crippen LogP contribution is 2.24. The normalized spacial score (nSPS) is 20.7. The predicted octanol–water partition coefficient (Wildman–Crippen LogP) is 2.28. The van der Waals surface area contributed by atoms with E-state index in [1.54, 1.807) is 0 Å². The van der Waals surface area contributed by atoms with Gasteiger partial charge in [-0.3, -0.25) is 0 Å². The molecule has 0 bridgehead atoms. The summed E-state index contributed by atoms with van der Waals surface area (Å²) in [4.78, 5) is 0. The van der Waals surface area contributed by atoms with Crippen molar-refractivity contribution in [3.8, 4) is 0 Å². The summed E-state index contributed by atoms with van der Waals surface area (Å²) in [6, 6.07) is 0. The smallest absolute Gasteiger partial charge is 0.221 e. The number of nitrogens with one attached hydrogen (secondary N) is 1. The number of rotatable bonds is 5. The molecule has 19 heavy (non-hydrogen) atoms. The Labute approximate surface area is 115 Å². The van der Waals surface area contributed by atoms with Gasteiger partial charge in [-0.2, -0.15) is 0 Å². The van der Waals surface area contributed by atoms with Crippen LogP contribution in [0, 0.1) is 0 Å². The van der Waals surface area contributed by atoms with E-state index in [1.165, 1.54) is 0 Å². The van der Waals surface area contributed by atoms with Gasteiger partial charge in [0.15, 0.2) is 0 Å². The second-order valence-corrected chi connectivity index (χ2v) is 6.23. The van der Waals surface area contributed by atoms with Crippen molar-refractivity contribution in [2.75, 3.05) is 19.8 Å². The van der Waals surface area contributed by atoms with Gasteiger partial charge in [-0.25, -0.2) is 0 Å². The summed E-state index contributed by atoms with van der Waals surface area (Å²) < 4.78 is 11.2. The van der Waals surface area contributed by atoms with Crippen molar-refractivity contribution in [2.45, 2.75) is 57.9 Å². The molecule has 0 aliphatic carbocycles. The summed E-state index contributed by atoms with van der Waals surface area (Å²) in [6.07, 6.45) is 4.02. The third-order valence-electron chi connectivity index (χ3n) is 3.21. The van der Waals surface area contributed by atoms with Crippen LogP contribution in [0.15, 0.2) is 4.42 Å². The van der Waals surface area contributed by atoms with Crippen LogP contribution in [0.1, 0.15) is 57.7 Å². The first-order valence-electron chi connectivity index (χ1n) is 7.20. The molecule has 1 atom stereocenters. The molecule has 1 N–H and O–H groups in total. The lowest BCUT2D eigenvalue weighted by Crippen LogP contribution is -2.36. The zero-order valence-corrected chi connectivity index (χ0v) is 12.2. The molecule has 2 rings (SSSR count). The molecule has 1 aromatic heterocycles. The van der Waals surface area contributed by atoms with Gasteiger partial charge in [0.05, 0.1) is 12.5 Å². The number of ether oxygens (including phenoxy) is 1. The van der Waals surface area contributed by atoms with Crippen molar-refractivity contribution >= 4 is 0 Å². The van der Waals surface area contributed by atoms with Crippen LogP contribution in [0.4, 0.5) is 0 Å². The summed E-state index contributed by atoms with van der Waals surface area (Å²) in [5.41, 5.74) is 0.166. The highest BCUT2D eigenvalue weighted by Gasteiger charge is 2.21. The Balaban J connectivity index is 1.74. The van der Waals surface area contributed by atoms with Crippen molar-refractivity contribution < 1.29 is 9.15 Å². The quantitative estimate of drug-likeness (QED) is 0.829. The lowest BCUT2D eigenvalue weighted by molar-refractivity contribution is 0.0721. The first kappa shape index (κ1) is 14.5. The highest BCUT2D eigenvalue weighted by atomic mass is 16.5. The van der Waals surface area contributed by atoms with E-state index in [1.807, 2.05) is 0 Å². The molecule has 1 aliphatic rings. The summed E-state index contributed by atoms with van der Waals surface area (Å²) in [7, 11) is 0. The van der Waals surface area contributed by atoms with Crippen molar-refractivity contribution in [2.24, 2.45) is 0 Å². The first-order chi connectivity index (χ1) is 9.04. The molecule has 108 valence electrons. The van der Waals surface area contributed by atoms with Gasteiger partial charge >= 0.3 is 0 Å². The molecule has 0 aromatic carbocycles. The molecule has 1 unspecified atom stereocenters. The fourth-order valence-corrected chi connectivity index (χ4v) is 2.17. The second-order valence-electron chi connectivity index (χ2n) is 6.23. The predicted molar refractivity (Wildman–Crippen MR) is 73.2 cm³/mol. The van der Waals surface area contributed by atoms with E-state index in [-0.39, 0.29) is 5.54 Å². The molecule has 5 heteroatoms. The molecule has 0 saturated carbocycles. The van der Waals surface area contributed by atoms with E-state index < -0.39 is 0 Å². The minimum absolute atomic E-state index is 0.166. The Morgan fingerprint density at radius 1 is 1.32 bits per heavy atom. The van der Waals surface area contributed by atoms with E-state index in [0.717, 1.165) is 50.6 Å². The van der Waals surface area contributed by atoms with E-state index in [4.69, 9.17) is 9.15 Å². The number of aryl methyl sites for hydroxylation is 1. The maximum atomic E-state index is 5.73. The molecule has 5 nitrogen and oxygen atoms in total. The molecule has 0 spiro atoms. The molecular formula is C14H25N3O2. The number of hydrogen-bond donors (Lipinski definition) is 1. The van der Waals surface area contributed by atoms with E-state index in [9.17, 15) is 0 Å². The standard InChI is InChI=1S/C14H25N3O2/c1-14(2,3)15-8-4-7-12-16-17-13(19-12)11-6-5-9-18-10-11/h11,15H,4-10H2,1-3H3. The van der Waals surface area contributed by atoms with Crippen LogP contribution in [0.2, 0.25) is 0 Å². The van der Waals surface area contributed by atoms with Crippen LogP contribution >= 0.6 is 0 Å². The fourth-order valence-electron chi connectivity index (χ4n) is 2.17.